The summed E-state index contributed by atoms with van der Waals surface area (Å²) in [6.45, 7) is 5.09. The number of para-hydroxylation sites is 1. The third-order valence-corrected chi connectivity index (χ3v) is 5.12. The lowest BCUT2D eigenvalue weighted by Crippen LogP contribution is -2.50. The molecule has 1 fully saturated rings. The first-order chi connectivity index (χ1) is 14.6. The average Bonchev–Trinajstić information content (AvgIpc) is 2.79. The molecule has 1 aliphatic rings. The van der Waals surface area contributed by atoms with Crippen LogP contribution in [0.1, 0.15) is 30.1 Å². The predicted octanol–water partition coefficient (Wildman–Crippen LogP) is 4.01. The van der Waals surface area contributed by atoms with Crippen molar-refractivity contribution in [2.24, 2.45) is 0 Å². The fraction of sp³-hybridized carbons (Fsp3) is 0.391. The van der Waals surface area contributed by atoms with E-state index in [1.165, 1.54) is 0 Å². The summed E-state index contributed by atoms with van der Waals surface area (Å²) in [5.74, 6) is 0.410. The Balaban J connectivity index is 1.56. The van der Waals surface area contributed by atoms with E-state index in [0.717, 1.165) is 37.4 Å². The Bertz CT molecular complexity index is 846. The minimum Gasteiger partial charge on any atom is -0.497 e. The maximum absolute atomic E-state index is 12.8. The highest BCUT2D eigenvalue weighted by Gasteiger charge is 2.23. The SMILES string of the molecule is CCCCOC(=O)c1ccccc1NC(=O)N1CCN(c2ccc(OC)cc2)CC1. The van der Waals surface area contributed by atoms with E-state index in [1.54, 1.807) is 36.3 Å². The van der Waals surface area contributed by atoms with Gasteiger partial charge in [-0.05, 0) is 42.8 Å². The number of urea groups is 1. The molecule has 2 aromatic rings. The first-order valence-electron chi connectivity index (χ1n) is 10.3. The number of unbranched alkanes of at least 4 members (excludes halogenated alkanes) is 1. The minimum atomic E-state index is -0.413. The highest BCUT2D eigenvalue weighted by atomic mass is 16.5. The van der Waals surface area contributed by atoms with Crippen molar-refractivity contribution in [3.63, 3.8) is 0 Å². The van der Waals surface area contributed by atoms with Gasteiger partial charge in [-0.15, -0.1) is 0 Å². The zero-order valence-electron chi connectivity index (χ0n) is 17.6. The van der Waals surface area contributed by atoms with Gasteiger partial charge < -0.3 is 24.6 Å². The van der Waals surface area contributed by atoms with Gasteiger partial charge in [-0.3, -0.25) is 0 Å². The molecule has 1 aliphatic heterocycles. The number of nitrogens with one attached hydrogen (secondary N) is 1. The fourth-order valence-electron chi connectivity index (χ4n) is 3.31. The Labute approximate surface area is 177 Å². The molecule has 7 nitrogen and oxygen atoms in total. The van der Waals surface area contributed by atoms with Crippen molar-refractivity contribution in [3.05, 3.63) is 54.1 Å². The third-order valence-electron chi connectivity index (χ3n) is 5.12. The zero-order valence-corrected chi connectivity index (χ0v) is 17.6. The van der Waals surface area contributed by atoms with Crippen LogP contribution in [-0.2, 0) is 4.74 Å². The molecule has 0 radical (unpaired) electrons. The largest absolute Gasteiger partial charge is 0.497 e. The van der Waals surface area contributed by atoms with E-state index in [-0.39, 0.29) is 6.03 Å². The van der Waals surface area contributed by atoms with Crippen molar-refractivity contribution in [3.8, 4) is 5.75 Å². The number of nitrogens with zero attached hydrogens (tertiary/aromatic N) is 2. The van der Waals surface area contributed by atoms with Crippen LogP contribution in [0, 0.1) is 0 Å². The number of piperazine rings is 1. The van der Waals surface area contributed by atoms with Gasteiger partial charge in [0, 0.05) is 31.9 Å². The Morgan fingerprint density at radius 1 is 1.00 bits per heavy atom. The normalized spacial score (nSPS) is 13.7. The quantitative estimate of drug-likeness (QED) is 0.551. The van der Waals surface area contributed by atoms with E-state index < -0.39 is 5.97 Å². The number of esters is 1. The van der Waals surface area contributed by atoms with Crippen LogP contribution in [0.3, 0.4) is 0 Å². The summed E-state index contributed by atoms with van der Waals surface area (Å²) in [6, 6.07) is 14.7. The first kappa shape index (κ1) is 21.5. The van der Waals surface area contributed by atoms with Crippen LogP contribution in [0.25, 0.3) is 0 Å². The average molecular weight is 412 g/mol. The van der Waals surface area contributed by atoms with Crippen LogP contribution in [0.2, 0.25) is 0 Å². The molecule has 0 aromatic heterocycles. The standard InChI is InChI=1S/C23H29N3O4/c1-3-4-17-30-22(27)20-7-5-6-8-21(20)24-23(28)26-15-13-25(14-16-26)18-9-11-19(29-2)12-10-18/h5-12H,3-4,13-17H2,1-2H3,(H,24,28). The van der Waals surface area contributed by atoms with Crippen molar-refractivity contribution in [1.29, 1.82) is 0 Å². The molecule has 1 heterocycles. The second kappa shape index (κ2) is 10.5. The molecule has 2 aromatic carbocycles. The topological polar surface area (TPSA) is 71.1 Å². The van der Waals surface area contributed by atoms with E-state index in [4.69, 9.17) is 9.47 Å². The number of anilines is 2. The lowest BCUT2D eigenvalue weighted by Gasteiger charge is -2.36. The van der Waals surface area contributed by atoms with Crippen molar-refractivity contribution in [1.82, 2.24) is 4.90 Å². The Morgan fingerprint density at radius 2 is 1.70 bits per heavy atom. The minimum absolute atomic E-state index is 0.210. The lowest BCUT2D eigenvalue weighted by molar-refractivity contribution is 0.0501. The number of benzene rings is 2. The van der Waals surface area contributed by atoms with Crippen LogP contribution in [0.4, 0.5) is 16.2 Å². The molecule has 0 unspecified atom stereocenters. The zero-order chi connectivity index (χ0) is 21.3. The van der Waals surface area contributed by atoms with E-state index in [1.807, 2.05) is 31.2 Å². The molecule has 0 aliphatic carbocycles. The molecule has 0 bridgehead atoms. The molecule has 160 valence electrons. The van der Waals surface area contributed by atoms with Crippen molar-refractivity contribution in [2.45, 2.75) is 19.8 Å². The van der Waals surface area contributed by atoms with E-state index in [9.17, 15) is 9.59 Å². The van der Waals surface area contributed by atoms with Crippen molar-refractivity contribution >= 4 is 23.4 Å². The Morgan fingerprint density at radius 3 is 2.37 bits per heavy atom. The second-order valence-corrected chi connectivity index (χ2v) is 7.14. The van der Waals surface area contributed by atoms with Gasteiger partial charge in [-0.1, -0.05) is 25.5 Å². The van der Waals surface area contributed by atoms with Crippen LogP contribution in [0.15, 0.2) is 48.5 Å². The molecule has 7 heteroatoms. The van der Waals surface area contributed by atoms with Gasteiger partial charge in [-0.25, -0.2) is 9.59 Å². The fourth-order valence-corrected chi connectivity index (χ4v) is 3.31. The molecule has 1 N–H and O–H groups in total. The van der Waals surface area contributed by atoms with E-state index in [2.05, 4.69) is 10.2 Å². The number of hydrogen-bond acceptors (Lipinski definition) is 5. The number of carbonyl (C=O) groups is 2. The summed E-state index contributed by atoms with van der Waals surface area (Å²) < 4.78 is 10.5. The molecule has 3 rings (SSSR count). The molecular weight excluding hydrogens is 382 g/mol. The Kier molecular flexibility index (Phi) is 7.54. The van der Waals surface area contributed by atoms with Crippen LogP contribution in [-0.4, -0.2) is 56.8 Å². The summed E-state index contributed by atoms with van der Waals surface area (Å²) in [4.78, 5) is 29.1. The molecule has 0 saturated carbocycles. The molecule has 0 spiro atoms. The summed E-state index contributed by atoms with van der Waals surface area (Å²) in [5.41, 5.74) is 1.96. The van der Waals surface area contributed by atoms with Gasteiger partial charge in [0.05, 0.1) is 25.0 Å². The van der Waals surface area contributed by atoms with Crippen molar-refractivity contribution in [2.75, 3.05) is 50.1 Å². The monoisotopic (exact) mass is 411 g/mol. The molecule has 1 saturated heterocycles. The number of ether oxygens (including phenoxy) is 2. The van der Waals surface area contributed by atoms with Crippen LogP contribution in [0.5, 0.6) is 5.75 Å². The smallest absolute Gasteiger partial charge is 0.340 e. The van der Waals surface area contributed by atoms with Gasteiger partial charge in [-0.2, -0.15) is 0 Å². The summed E-state index contributed by atoms with van der Waals surface area (Å²) in [7, 11) is 1.65. The maximum Gasteiger partial charge on any atom is 0.340 e. The van der Waals surface area contributed by atoms with Gasteiger partial charge in [0.15, 0.2) is 0 Å². The maximum atomic E-state index is 12.8. The van der Waals surface area contributed by atoms with E-state index >= 15 is 0 Å². The summed E-state index contributed by atoms with van der Waals surface area (Å²) in [5, 5.41) is 2.87. The van der Waals surface area contributed by atoms with E-state index in [0.29, 0.717) is 30.9 Å². The molecular formula is C23H29N3O4. The second-order valence-electron chi connectivity index (χ2n) is 7.14. The van der Waals surface area contributed by atoms with Crippen LogP contribution < -0.4 is 15.0 Å². The predicted molar refractivity (Wildman–Crippen MR) is 117 cm³/mol. The first-order valence-corrected chi connectivity index (χ1v) is 10.3. The summed E-state index contributed by atoms with van der Waals surface area (Å²) in [6.07, 6.45) is 1.77. The molecule has 0 atom stereocenters. The summed E-state index contributed by atoms with van der Waals surface area (Å²) >= 11 is 0. The highest BCUT2D eigenvalue weighted by Crippen LogP contribution is 2.21. The van der Waals surface area contributed by atoms with Crippen LogP contribution >= 0.6 is 0 Å². The number of methoxy groups -OCH3 is 1. The Hall–Kier alpha value is -3.22. The number of rotatable bonds is 7. The molecule has 2 amide bonds. The lowest BCUT2D eigenvalue weighted by atomic mass is 10.2. The number of carbonyl (C=O) groups excluding carboxylic acids is 2. The van der Waals surface area contributed by atoms with Gasteiger partial charge >= 0.3 is 12.0 Å². The van der Waals surface area contributed by atoms with Gasteiger partial charge in [0.25, 0.3) is 0 Å². The van der Waals surface area contributed by atoms with Gasteiger partial charge in [0.1, 0.15) is 5.75 Å². The molecule has 30 heavy (non-hydrogen) atoms. The van der Waals surface area contributed by atoms with Crippen molar-refractivity contribution < 1.29 is 19.1 Å². The number of hydrogen-bond donors (Lipinski definition) is 1. The van der Waals surface area contributed by atoms with Gasteiger partial charge in [0.2, 0.25) is 0 Å². The number of amides is 2. The highest BCUT2D eigenvalue weighted by molar-refractivity contribution is 6.00. The third kappa shape index (κ3) is 5.43.